The lowest BCUT2D eigenvalue weighted by Gasteiger charge is -2.12. The Morgan fingerprint density at radius 2 is 1.86 bits per heavy atom. The molecule has 3 atom stereocenters. The molecule has 0 amide bonds. The van der Waals surface area contributed by atoms with Crippen molar-refractivity contribution < 1.29 is 23.0 Å². The second-order valence-corrected chi connectivity index (χ2v) is 13.2. The van der Waals surface area contributed by atoms with E-state index in [1.165, 1.54) is 29.0 Å². The number of primary sulfonamides is 1. The predicted octanol–water partition coefficient (Wildman–Crippen LogP) is 5.83. The zero-order valence-corrected chi connectivity index (χ0v) is 24.2. The van der Waals surface area contributed by atoms with Crippen molar-refractivity contribution in [1.29, 1.82) is 0 Å². The Morgan fingerprint density at radius 1 is 1.12 bits per heavy atom. The Hall–Kier alpha value is -3.58. The van der Waals surface area contributed by atoms with Gasteiger partial charge >= 0.3 is 0 Å². The van der Waals surface area contributed by atoms with Crippen LogP contribution >= 0.6 is 11.3 Å². The van der Waals surface area contributed by atoms with Crippen molar-refractivity contribution in [1.82, 2.24) is 14.8 Å². The second kappa shape index (κ2) is 10.3. The molecule has 1 aliphatic carbocycles. The molecule has 2 aromatic heterocycles. The second-order valence-electron chi connectivity index (χ2n) is 10.8. The summed E-state index contributed by atoms with van der Waals surface area (Å²) < 4.78 is 45.6. The molecule has 0 radical (unpaired) electrons. The molecule has 1 saturated heterocycles. The van der Waals surface area contributed by atoms with Crippen LogP contribution in [0.1, 0.15) is 52.9 Å². The number of benzene rings is 3. The highest BCUT2D eigenvalue weighted by Crippen LogP contribution is 2.46. The van der Waals surface area contributed by atoms with Gasteiger partial charge in [0, 0.05) is 28.8 Å². The molecule has 8 nitrogen and oxygen atoms in total. The number of hydrogen-bond donors (Lipinski definition) is 2. The highest BCUT2D eigenvalue weighted by molar-refractivity contribution is 7.95. The Kier molecular flexibility index (Phi) is 6.69. The van der Waals surface area contributed by atoms with Gasteiger partial charge in [-0.25, -0.2) is 14.1 Å². The van der Waals surface area contributed by atoms with E-state index < -0.39 is 33.5 Å². The third kappa shape index (κ3) is 5.24. The number of thiazole rings is 1. The minimum atomic E-state index is -4.18. The van der Waals surface area contributed by atoms with Crippen LogP contribution in [0.4, 0.5) is 4.39 Å². The van der Waals surface area contributed by atoms with E-state index in [0.717, 1.165) is 46.5 Å². The number of hydrogen-bond acceptors (Lipinski definition) is 7. The van der Waals surface area contributed by atoms with E-state index in [1.807, 2.05) is 22.2 Å². The van der Waals surface area contributed by atoms with Gasteiger partial charge in [-0.05, 0) is 54.7 Å². The molecule has 3 N–H and O–H groups in total. The Balaban J connectivity index is 1.38. The maximum Gasteiger partial charge on any atom is 0.211 e. The molecule has 3 aromatic carbocycles. The molecule has 1 aliphatic heterocycles. The molecule has 1 saturated carbocycles. The topological polar surface area (TPSA) is 130 Å². The first-order valence-electron chi connectivity index (χ1n) is 13.6. The highest BCUT2D eigenvalue weighted by Gasteiger charge is 2.41. The van der Waals surface area contributed by atoms with E-state index >= 15 is 0 Å². The lowest BCUT2D eigenvalue weighted by atomic mass is 9.95. The molecule has 0 spiro atoms. The first kappa shape index (κ1) is 27.3. The molecular weight excluding hydrogens is 575 g/mol. The number of nitrogens with zero attached hydrogens (tertiary/aromatic N) is 3. The number of aromatic nitrogens is 3. The van der Waals surface area contributed by atoms with Gasteiger partial charge < -0.3 is 14.4 Å². The number of aliphatic hydroxyl groups excluding tert-OH is 1. The SMILES string of the molecule is Cc1ccc(-c2cccc(-c3c(Cc4ccc([S+](N)(=O)[O-])c(F)c4)c(C4CC4)nn3-c3nc(C4OC4O)cs3)c2)cc1. The maximum atomic E-state index is 14.9. The fraction of sp³-hybridized carbons (Fsp3) is 0.226. The van der Waals surface area contributed by atoms with E-state index in [9.17, 15) is 18.3 Å². The van der Waals surface area contributed by atoms with Gasteiger partial charge in [0.25, 0.3) is 0 Å². The average molecular weight is 603 g/mol. The van der Waals surface area contributed by atoms with Crippen molar-refractivity contribution >= 4 is 21.7 Å². The number of sulfonamides is 1. The van der Waals surface area contributed by atoms with E-state index in [-0.39, 0.29) is 5.92 Å². The molecule has 3 heterocycles. The van der Waals surface area contributed by atoms with Crippen molar-refractivity contribution in [3.05, 3.63) is 106 Å². The molecular formula is C31H27FN4O4S2. The summed E-state index contributed by atoms with van der Waals surface area (Å²) in [6.07, 6.45) is 1.03. The molecule has 214 valence electrons. The van der Waals surface area contributed by atoms with Crippen LogP contribution in [0.15, 0.2) is 77.0 Å². The number of nitrogens with two attached hydrogens (primary N) is 1. The fourth-order valence-electron chi connectivity index (χ4n) is 5.27. The molecule has 2 aliphatic rings. The zero-order chi connectivity index (χ0) is 29.2. The van der Waals surface area contributed by atoms with Gasteiger partial charge in [-0.15, -0.1) is 16.5 Å². The van der Waals surface area contributed by atoms with Gasteiger partial charge in [0.2, 0.25) is 10.0 Å². The fourth-order valence-corrected chi connectivity index (χ4v) is 6.66. The van der Waals surface area contributed by atoms with E-state index in [1.54, 1.807) is 6.07 Å². The van der Waals surface area contributed by atoms with Crippen LogP contribution in [-0.2, 0) is 25.8 Å². The van der Waals surface area contributed by atoms with Crippen LogP contribution in [0.2, 0.25) is 0 Å². The summed E-state index contributed by atoms with van der Waals surface area (Å²) in [6.45, 7) is 2.05. The zero-order valence-electron chi connectivity index (χ0n) is 22.6. The summed E-state index contributed by atoms with van der Waals surface area (Å²) >= 11 is 1.41. The lowest BCUT2D eigenvalue weighted by Crippen LogP contribution is -2.22. The van der Waals surface area contributed by atoms with Gasteiger partial charge in [0.15, 0.2) is 28.6 Å². The first-order chi connectivity index (χ1) is 20.2. The van der Waals surface area contributed by atoms with Crippen LogP contribution < -0.4 is 5.14 Å². The Morgan fingerprint density at radius 3 is 2.52 bits per heavy atom. The van der Waals surface area contributed by atoms with Crippen LogP contribution in [0.25, 0.3) is 27.5 Å². The predicted molar refractivity (Wildman–Crippen MR) is 157 cm³/mol. The number of halogens is 1. The standard InChI is InChI=1S/C31H27FN4O4S2/c1-17-5-8-19(9-6-17)21-3-2-4-22(15-21)28-23(13-18-7-12-26(24(32)14-18)42(33,38)39)27(20-10-11-20)35-36(28)31-34-25(16-41-31)29-30(37)40-29/h2-9,12,14-16,20,29-30,37H,10-11,13H2,1H3,(H2-,33,38,39). The van der Waals surface area contributed by atoms with Gasteiger partial charge in [0.1, 0.15) is 0 Å². The number of rotatable bonds is 8. The van der Waals surface area contributed by atoms with E-state index in [0.29, 0.717) is 22.8 Å². The van der Waals surface area contributed by atoms with Gasteiger partial charge in [-0.3, -0.25) is 0 Å². The van der Waals surface area contributed by atoms with Crippen molar-refractivity contribution in [2.75, 3.05) is 0 Å². The van der Waals surface area contributed by atoms with Crippen LogP contribution in [0.5, 0.6) is 0 Å². The molecule has 2 fully saturated rings. The van der Waals surface area contributed by atoms with Crippen molar-refractivity contribution in [2.45, 2.75) is 49.4 Å². The summed E-state index contributed by atoms with van der Waals surface area (Å²) in [5.74, 6) is -0.618. The summed E-state index contributed by atoms with van der Waals surface area (Å²) in [6, 6.07) is 20.6. The molecule has 11 heteroatoms. The van der Waals surface area contributed by atoms with Crippen LogP contribution in [0, 0.1) is 12.7 Å². The minimum Gasteiger partial charge on any atom is -0.593 e. The molecule has 5 aromatic rings. The van der Waals surface area contributed by atoms with E-state index in [2.05, 4.69) is 43.3 Å². The summed E-state index contributed by atoms with van der Waals surface area (Å²) in [5.41, 5.74) is 8.14. The molecule has 0 bridgehead atoms. The summed E-state index contributed by atoms with van der Waals surface area (Å²) in [4.78, 5) is 4.22. The minimum absolute atomic E-state index is 0.266. The Bertz CT molecular complexity index is 1860. The number of aliphatic hydroxyl groups is 1. The summed E-state index contributed by atoms with van der Waals surface area (Å²) in [7, 11) is -4.18. The quantitative estimate of drug-likeness (QED) is 0.170. The molecule has 7 rings (SSSR count). The smallest absolute Gasteiger partial charge is 0.211 e. The monoisotopic (exact) mass is 602 g/mol. The maximum absolute atomic E-state index is 14.9. The number of aryl methyl sites for hydroxylation is 1. The normalized spacial score (nSPS) is 19.5. The van der Waals surface area contributed by atoms with Crippen molar-refractivity contribution in [3.63, 3.8) is 0 Å². The van der Waals surface area contributed by atoms with E-state index in [4.69, 9.17) is 20.0 Å². The number of epoxide rings is 1. The van der Waals surface area contributed by atoms with Crippen LogP contribution in [-0.4, -0.2) is 30.7 Å². The van der Waals surface area contributed by atoms with Gasteiger partial charge in [-0.2, -0.15) is 5.10 Å². The summed E-state index contributed by atoms with van der Waals surface area (Å²) in [5, 5.41) is 22.5. The Labute approximate surface area is 247 Å². The first-order valence-corrected chi connectivity index (χ1v) is 16.0. The average Bonchev–Trinajstić information content (AvgIpc) is 3.84. The van der Waals surface area contributed by atoms with Crippen LogP contribution in [0.3, 0.4) is 0 Å². The largest absolute Gasteiger partial charge is 0.593 e. The third-order valence-electron chi connectivity index (χ3n) is 7.63. The molecule has 42 heavy (non-hydrogen) atoms. The lowest BCUT2D eigenvalue weighted by molar-refractivity contribution is 0.156. The highest BCUT2D eigenvalue weighted by atomic mass is 32.3. The van der Waals surface area contributed by atoms with Gasteiger partial charge in [-0.1, -0.05) is 58.3 Å². The van der Waals surface area contributed by atoms with Crippen molar-refractivity contribution in [3.8, 4) is 27.5 Å². The third-order valence-corrected chi connectivity index (χ3v) is 9.41. The molecule has 3 unspecified atom stereocenters. The van der Waals surface area contributed by atoms with Gasteiger partial charge in [0.05, 0.1) is 17.1 Å². The number of ether oxygens (including phenoxy) is 1. The van der Waals surface area contributed by atoms with Crippen molar-refractivity contribution in [2.24, 2.45) is 5.14 Å².